The SMILES string of the molecule is NC(OC(=O)/C=C/C(=O)OC(N)C(=O)NC1CCCCC1O[N+](=O)[O-])C(=O)NC1CCCCC1O[N+](=O)[O-]. The molecule has 0 radical (unpaired) electrons. The number of nitrogens with two attached hydrogens (primary N) is 2. The molecule has 0 saturated heterocycles. The zero-order valence-corrected chi connectivity index (χ0v) is 20.2. The Kier molecular flexibility index (Phi) is 11.6. The van der Waals surface area contributed by atoms with Crippen LogP contribution in [0.4, 0.5) is 0 Å². The lowest BCUT2D eigenvalue weighted by Crippen LogP contribution is -2.53. The number of hydrogen-bond donors (Lipinski definition) is 4. The molecule has 0 aromatic carbocycles. The second-order valence-electron chi connectivity index (χ2n) is 8.58. The molecule has 2 aliphatic carbocycles. The predicted molar refractivity (Wildman–Crippen MR) is 122 cm³/mol. The monoisotopic (exact) mass is 546 g/mol. The first-order valence-corrected chi connectivity index (χ1v) is 11.8. The summed E-state index contributed by atoms with van der Waals surface area (Å²) in [5.41, 5.74) is 11.1. The highest BCUT2D eigenvalue weighted by molar-refractivity contribution is 5.94. The summed E-state index contributed by atoms with van der Waals surface area (Å²) in [6.07, 6.45) is 0.0690. The molecule has 6 atom stereocenters. The normalized spacial score (nSPS) is 24.8. The molecule has 18 heteroatoms. The number of nitrogens with one attached hydrogen (secondary N) is 2. The summed E-state index contributed by atoms with van der Waals surface area (Å²) in [5.74, 6) is -4.27. The van der Waals surface area contributed by atoms with Crippen LogP contribution in [0.2, 0.25) is 0 Å². The Balaban J connectivity index is 1.78. The van der Waals surface area contributed by atoms with Gasteiger partial charge in [-0.2, -0.15) is 0 Å². The van der Waals surface area contributed by atoms with E-state index in [1.807, 2.05) is 0 Å². The summed E-state index contributed by atoms with van der Waals surface area (Å²) in [6, 6.07) is -1.42. The Labute approximate surface area is 215 Å². The van der Waals surface area contributed by atoms with E-state index < -0.39 is 70.7 Å². The molecule has 2 aliphatic rings. The molecule has 0 aromatic rings. The number of carbonyl (C=O) groups excluding carboxylic acids is 4. The lowest BCUT2D eigenvalue weighted by atomic mass is 9.92. The van der Waals surface area contributed by atoms with Crippen LogP contribution in [0, 0.1) is 20.2 Å². The van der Waals surface area contributed by atoms with Crippen LogP contribution < -0.4 is 22.1 Å². The van der Waals surface area contributed by atoms with Crippen LogP contribution in [0.25, 0.3) is 0 Å². The van der Waals surface area contributed by atoms with E-state index in [1.165, 1.54) is 0 Å². The summed E-state index contributed by atoms with van der Waals surface area (Å²) < 4.78 is 9.39. The van der Waals surface area contributed by atoms with Gasteiger partial charge in [0.1, 0.15) is 12.2 Å². The smallest absolute Gasteiger partial charge is 0.333 e. The van der Waals surface area contributed by atoms with Gasteiger partial charge in [0.05, 0.1) is 12.1 Å². The molecule has 212 valence electrons. The molecule has 0 aliphatic heterocycles. The van der Waals surface area contributed by atoms with E-state index in [9.17, 15) is 39.4 Å². The van der Waals surface area contributed by atoms with Crippen LogP contribution in [-0.4, -0.2) is 70.7 Å². The predicted octanol–water partition coefficient (Wildman–Crippen LogP) is -1.53. The van der Waals surface area contributed by atoms with Crippen molar-refractivity contribution in [2.75, 3.05) is 0 Å². The van der Waals surface area contributed by atoms with Gasteiger partial charge in [0, 0.05) is 12.2 Å². The third-order valence-electron chi connectivity index (χ3n) is 5.86. The van der Waals surface area contributed by atoms with Gasteiger partial charge in [-0.3, -0.25) is 21.1 Å². The van der Waals surface area contributed by atoms with Gasteiger partial charge in [0.25, 0.3) is 22.0 Å². The van der Waals surface area contributed by atoms with E-state index in [0.29, 0.717) is 63.5 Å². The van der Waals surface area contributed by atoms with Crippen molar-refractivity contribution in [3.8, 4) is 0 Å². The van der Waals surface area contributed by atoms with Gasteiger partial charge in [-0.15, -0.1) is 20.2 Å². The number of hydrogen-bond acceptors (Lipinski definition) is 14. The van der Waals surface area contributed by atoms with E-state index in [1.54, 1.807) is 0 Å². The van der Waals surface area contributed by atoms with E-state index >= 15 is 0 Å². The number of ether oxygens (including phenoxy) is 2. The van der Waals surface area contributed by atoms with E-state index in [0.717, 1.165) is 0 Å². The molecule has 18 nitrogen and oxygen atoms in total. The molecule has 0 aromatic heterocycles. The van der Waals surface area contributed by atoms with Crippen molar-refractivity contribution in [2.45, 2.75) is 88.1 Å². The van der Waals surface area contributed by atoms with Crippen molar-refractivity contribution in [2.24, 2.45) is 11.5 Å². The number of esters is 2. The van der Waals surface area contributed by atoms with Crippen LogP contribution in [-0.2, 0) is 38.3 Å². The average Bonchev–Trinajstić information content (AvgIpc) is 2.84. The van der Waals surface area contributed by atoms with E-state index in [-0.39, 0.29) is 0 Å². The fraction of sp³-hybridized carbons (Fsp3) is 0.700. The first-order chi connectivity index (χ1) is 18.0. The Bertz CT molecular complexity index is 858. The highest BCUT2D eigenvalue weighted by atomic mass is 17.0. The van der Waals surface area contributed by atoms with Crippen molar-refractivity contribution in [3.05, 3.63) is 32.4 Å². The van der Waals surface area contributed by atoms with Crippen LogP contribution in [0.1, 0.15) is 51.4 Å². The number of carbonyl (C=O) groups is 4. The lowest BCUT2D eigenvalue weighted by molar-refractivity contribution is -0.770. The van der Waals surface area contributed by atoms with Crippen LogP contribution in [0.5, 0.6) is 0 Å². The van der Waals surface area contributed by atoms with Gasteiger partial charge >= 0.3 is 11.9 Å². The van der Waals surface area contributed by atoms with Gasteiger partial charge < -0.3 is 29.8 Å². The Morgan fingerprint density at radius 2 is 1.05 bits per heavy atom. The topological polar surface area (TPSA) is 268 Å². The molecule has 2 amide bonds. The Morgan fingerprint density at radius 1 is 0.711 bits per heavy atom. The average molecular weight is 546 g/mol. The quantitative estimate of drug-likeness (QED) is 0.0711. The Morgan fingerprint density at radius 3 is 1.39 bits per heavy atom. The summed E-state index contributed by atoms with van der Waals surface area (Å²) in [7, 11) is 0. The fourth-order valence-electron chi connectivity index (χ4n) is 4.10. The zero-order valence-electron chi connectivity index (χ0n) is 20.2. The summed E-state index contributed by atoms with van der Waals surface area (Å²) in [6.45, 7) is 0. The fourth-order valence-corrected chi connectivity index (χ4v) is 4.10. The Hall–Kier alpha value is -4.06. The lowest BCUT2D eigenvalue weighted by Gasteiger charge is -2.30. The number of rotatable bonds is 12. The second kappa shape index (κ2) is 14.6. The van der Waals surface area contributed by atoms with Crippen molar-refractivity contribution in [1.82, 2.24) is 10.6 Å². The van der Waals surface area contributed by atoms with Crippen LogP contribution >= 0.6 is 0 Å². The molecule has 2 saturated carbocycles. The summed E-state index contributed by atoms with van der Waals surface area (Å²) in [4.78, 5) is 78.6. The molecule has 6 unspecified atom stereocenters. The van der Waals surface area contributed by atoms with E-state index in [4.69, 9.17) is 20.9 Å². The standard InChI is InChI=1S/C20H30N6O12/c21-17(19(29)23-11-5-1-3-7-13(11)37-25(31)32)35-15(27)9-10-16(28)36-18(22)20(30)24-12-6-2-4-8-14(12)38-26(33)34/h9-14,17-18H,1-8,21-22H2,(H,23,29)(H,24,30)/b10-9+. The van der Waals surface area contributed by atoms with Crippen molar-refractivity contribution in [3.63, 3.8) is 0 Å². The molecular formula is C20H30N6O12. The first-order valence-electron chi connectivity index (χ1n) is 11.8. The van der Waals surface area contributed by atoms with Gasteiger partial charge in [-0.1, -0.05) is 25.7 Å². The minimum atomic E-state index is -1.79. The van der Waals surface area contributed by atoms with Gasteiger partial charge in [0.15, 0.2) is 0 Å². The second-order valence-corrected chi connectivity index (χ2v) is 8.58. The molecule has 38 heavy (non-hydrogen) atoms. The maximum atomic E-state index is 12.2. The number of nitrogens with zero attached hydrogens (tertiary/aromatic N) is 2. The van der Waals surface area contributed by atoms with Crippen LogP contribution in [0.3, 0.4) is 0 Å². The minimum Gasteiger partial charge on any atom is -0.434 e. The molecule has 0 bridgehead atoms. The van der Waals surface area contributed by atoms with Crippen molar-refractivity contribution < 1.29 is 48.5 Å². The maximum Gasteiger partial charge on any atom is 0.333 e. The molecule has 0 spiro atoms. The molecule has 2 rings (SSSR count). The molecule has 6 N–H and O–H groups in total. The molecule has 2 fully saturated rings. The highest BCUT2D eigenvalue weighted by Gasteiger charge is 2.32. The highest BCUT2D eigenvalue weighted by Crippen LogP contribution is 2.22. The van der Waals surface area contributed by atoms with Gasteiger partial charge in [-0.25, -0.2) is 9.59 Å². The first kappa shape index (κ1) is 30.2. The third-order valence-corrected chi connectivity index (χ3v) is 5.86. The summed E-state index contributed by atoms with van der Waals surface area (Å²) in [5, 5.41) is 24.2. The third kappa shape index (κ3) is 10.1. The van der Waals surface area contributed by atoms with Crippen molar-refractivity contribution in [1.29, 1.82) is 0 Å². The van der Waals surface area contributed by atoms with Crippen molar-refractivity contribution >= 4 is 23.8 Å². The van der Waals surface area contributed by atoms with Gasteiger partial charge in [-0.05, 0) is 25.7 Å². The molecular weight excluding hydrogens is 516 g/mol. The van der Waals surface area contributed by atoms with E-state index in [2.05, 4.69) is 20.3 Å². The molecule has 0 heterocycles. The largest absolute Gasteiger partial charge is 0.434 e. The summed E-state index contributed by atoms with van der Waals surface area (Å²) >= 11 is 0. The van der Waals surface area contributed by atoms with Crippen LogP contribution in [0.15, 0.2) is 12.2 Å². The zero-order chi connectivity index (χ0) is 28.2. The van der Waals surface area contributed by atoms with Gasteiger partial charge in [0.2, 0.25) is 12.5 Å². The maximum absolute atomic E-state index is 12.2. The number of amides is 2. The minimum absolute atomic E-state index is 0.347.